The molecule has 0 aliphatic rings. The second-order valence-corrected chi connectivity index (χ2v) is 2.95. The number of hydrogen-bond donors (Lipinski definition) is 1. The molecule has 0 saturated carbocycles. The molecule has 12 heavy (non-hydrogen) atoms. The second-order valence-electron chi connectivity index (χ2n) is 2.64. The van der Waals surface area contributed by atoms with Gasteiger partial charge in [-0.25, -0.2) is 4.39 Å². The predicted octanol–water partition coefficient (Wildman–Crippen LogP) is 1.97. The fourth-order valence-electron chi connectivity index (χ4n) is 0.991. The van der Waals surface area contributed by atoms with Gasteiger partial charge >= 0.3 is 0 Å². The molecule has 0 aliphatic carbocycles. The summed E-state index contributed by atoms with van der Waals surface area (Å²) in [6, 6.07) is 6.15. The fraction of sp³-hybridized carbons (Fsp3) is 0.333. The van der Waals surface area contributed by atoms with Crippen LogP contribution in [0, 0.1) is 5.82 Å². The predicted molar refractivity (Wildman–Crippen MR) is 46.8 cm³/mol. The zero-order valence-corrected chi connectivity index (χ0v) is 7.26. The van der Waals surface area contributed by atoms with Crippen molar-refractivity contribution >= 4 is 11.6 Å². The van der Waals surface area contributed by atoms with Crippen LogP contribution < -0.4 is 0 Å². The average molecular weight is 189 g/mol. The molecule has 1 aromatic carbocycles. The van der Waals surface area contributed by atoms with Crippen LogP contribution in [-0.2, 0) is 6.42 Å². The van der Waals surface area contributed by atoms with Crippen molar-refractivity contribution in [2.75, 3.05) is 5.88 Å². The third kappa shape index (κ3) is 2.80. The van der Waals surface area contributed by atoms with Crippen LogP contribution in [0.25, 0.3) is 0 Å². The molecule has 1 atom stereocenters. The summed E-state index contributed by atoms with van der Waals surface area (Å²) in [4.78, 5) is 0. The molecule has 0 heterocycles. The van der Waals surface area contributed by atoms with Gasteiger partial charge in [0.1, 0.15) is 5.82 Å². The minimum atomic E-state index is -0.589. The molecule has 1 aromatic rings. The highest BCUT2D eigenvalue weighted by Gasteiger charge is 2.03. The first-order valence-corrected chi connectivity index (χ1v) is 4.24. The number of halogens is 2. The minimum absolute atomic E-state index is 0.177. The fourth-order valence-corrected chi connectivity index (χ4v) is 1.10. The highest BCUT2D eigenvalue weighted by Crippen LogP contribution is 2.06. The molecule has 0 radical (unpaired) electrons. The van der Waals surface area contributed by atoms with Crippen molar-refractivity contribution in [3.05, 3.63) is 35.6 Å². The first-order valence-electron chi connectivity index (χ1n) is 3.71. The van der Waals surface area contributed by atoms with Crippen molar-refractivity contribution in [2.24, 2.45) is 0 Å². The smallest absolute Gasteiger partial charge is 0.123 e. The van der Waals surface area contributed by atoms with E-state index in [1.807, 2.05) is 0 Å². The summed E-state index contributed by atoms with van der Waals surface area (Å²) in [6.07, 6.45) is -0.185. The third-order valence-electron chi connectivity index (χ3n) is 1.54. The molecule has 1 unspecified atom stereocenters. The molecule has 1 N–H and O–H groups in total. The molecule has 3 heteroatoms. The summed E-state index contributed by atoms with van der Waals surface area (Å²) in [5.74, 6) is -0.106. The molecule has 0 amide bonds. The Hall–Kier alpha value is -0.600. The lowest BCUT2D eigenvalue weighted by Gasteiger charge is -2.05. The third-order valence-corrected chi connectivity index (χ3v) is 1.89. The largest absolute Gasteiger partial charge is 0.392 e. The van der Waals surface area contributed by atoms with Crippen LogP contribution in [-0.4, -0.2) is 17.1 Å². The molecule has 0 bridgehead atoms. The topological polar surface area (TPSA) is 20.2 Å². The summed E-state index contributed by atoms with van der Waals surface area (Å²) >= 11 is 5.40. The van der Waals surface area contributed by atoms with E-state index in [1.54, 1.807) is 12.1 Å². The molecule has 0 fully saturated rings. The molecule has 1 rings (SSSR count). The van der Waals surface area contributed by atoms with E-state index < -0.39 is 6.10 Å². The lowest BCUT2D eigenvalue weighted by atomic mass is 10.1. The van der Waals surface area contributed by atoms with E-state index in [0.717, 1.165) is 5.56 Å². The Bertz CT molecular complexity index is 252. The van der Waals surface area contributed by atoms with Crippen LogP contribution in [0.2, 0.25) is 0 Å². The highest BCUT2D eigenvalue weighted by molar-refractivity contribution is 6.18. The number of alkyl halides is 1. The Labute approximate surface area is 75.8 Å². The Morgan fingerprint density at radius 1 is 1.50 bits per heavy atom. The van der Waals surface area contributed by atoms with Crippen LogP contribution in [0.3, 0.4) is 0 Å². The van der Waals surface area contributed by atoms with Crippen molar-refractivity contribution in [1.82, 2.24) is 0 Å². The van der Waals surface area contributed by atoms with Gasteiger partial charge in [-0.3, -0.25) is 0 Å². The van der Waals surface area contributed by atoms with Crippen LogP contribution in [0.5, 0.6) is 0 Å². The standard InChI is InChI=1S/C9H10ClFO/c10-6-9(12)5-7-2-1-3-8(11)4-7/h1-4,9,12H,5-6H2. The summed E-state index contributed by atoms with van der Waals surface area (Å²) in [6.45, 7) is 0. The van der Waals surface area contributed by atoms with Gasteiger partial charge in [0, 0.05) is 5.88 Å². The van der Waals surface area contributed by atoms with E-state index in [9.17, 15) is 4.39 Å². The first kappa shape index (κ1) is 9.49. The molecule has 0 spiro atoms. The monoisotopic (exact) mass is 188 g/mol. The van der Waals surface area contributed by atoms with Gasteiger partial charge in [0.05, 0.1) is 6.10 Å². The summed E-state index contributed by atoms with van der Waals surface area (Å²) < 4.78 is 12.6. The molecule has 0 saturated heterocycles. The van der Waals surface area contributed by atoms with Crippen molar-refractivity contribution < 1.29 is 9.50 Å². The average Bonchev–Trinajstić information content (AvgIpc) is 2.04. The van der Waals surface area contributed by atoms with Crippen LogP contribution >= 0.6 is 11.6 Å². The Balaban J connectivity index is 2.63. The quantitative estimate of drug-likeness (QED) is 0.720. The van der Waals surface area contributed by atoms with Gasteiger partial charge in [0.2, 0.25) is 0 Å². The van der Waals surface area contributed by atoms with Gasteiger partial charge in [0.15, 0.2) is 0 Å². The molecule has 0 aromatic heterocycles. The summed E-state index contributed by atoms with van der Waals surface area (Å²) in [5.41, 5.74) is 0.767. The normalized spacial score (nSPS) is 12.9. The number of aliphatic hydroxyl groups excluding tert-OH is 1. The van der Waals surface area contributed by atoms with Gasteiger partial charge in [0.25, 0.3) is 0 Å². The number of aliphatic hydroxyl groups is 1. The van der Waals surface area contributed by atoms with Crippen LogP contribution in [0.4, 0.5) is 4.39 Å². The molecule has 66 valence electrons. The van der Waals surface area contributed by atoms with Gasteiger partial charge in [-0.2, -0.15) is 0 Å². The summed E-state index contributed by atoms with van der Waals surface area (Å²) in [5, 5.41) is 9.15. The van der Waals surface area contributed by atoms with E-state index in [2.05, 4.69) is 0 Å². The SMILES string of the molecule is OC(CCl)Cc1cccc(F)c1. The van der Waals surface area contributed by atoms with Gasteiger partial charge < -0.3 is 5.11 Å². The zero-order chi connectivity index (χ0) is 8.97. The maximum Gasteiger partial charge on any atom is 0.123 e. The number of benzene rings is 1. The Morgan fingerprint density at radius 3 is 2.83 bits per heavy atom. The van der Waals surface area contributed by atoms with Crippen molar-refractivity contribution in [2.45, 2.75) is 12.5 Å². The van der Waals surface area contributed by atoms with E-state index in [0.29, 0.717) is 6.42 Å². The molecule has 0 aliphatic heterocycles. The second kappa shape index (κ2) is 4.43. The van der Waals surface area contributed by atoms with Crippen molar-refractivity contribution in [3.8, 4) is 0 Å². The number of hydrogen-bond acceptors (Lipinski definition) is 1. The molecular formula is C9H10ClFO. The maximum absolute atomic E-state index is 12.6. The van der Waals surface area contributed by atoms with Gasteiger partial charge in [-0.05, 0) is 24.1 Å². The van der Waals surface area contributed by atoms with Crippen LogP contribution in [0.15, 0.2) is 24.3 Å². The van der Waals surface area contributed by atoms with E-state index >= 15 is 0 Å². The van der Waals surface area contributed by atoms with E-state index in [-0.39, 0.29) is 11.7 Å². The summed E-state index contributed by atoms with van der Waals surface area (Å²) in [7, 11) is 0. The number of rotatable bonds is 3. The zero-order valence-electron chi connectivity index (χ0n) is 6.50. The van der Waals surface area contributed by atoms with E-state index in [4.69, 9.17) is 16.7 Å². The lowest BCUT2D eigenvalue weighted by molar-refractivity contribution is 0.198. The van der Waals surface area contributed by atoms with E-state index in [1.165, 1.54) is 12.1 Å². The highest BCUT2D eigenvalue weighted by atomic mass is 35.5. The minimum Gasteiger partial charge on any atom is -0.392 e. The van der Waals surface area contributed by atoms with Gasteiger partial charge in [-0.1, -0.05) is 12.1 Å². The molecular weight excluding hydrogens is 179 g/mol. The van der Waals surface area contributed by atoms with Gasteiger partial charge in [-0.15, -0.1) is 11.6 Å². The Morgan fingerprint density at radius 2 is 2.25 bits per heavy atom. The lowest BCUT2D eigenvalue weighted by Crippen LogP contribution is -2.11. The molecule has 1 nitrogen and oxygen atoms in total. The van der Waals surface area contributed by atoms with Crippen molar-refractivity contribution in [1.29, 1.82) is 0 Å². The first-order chi connectivity index (χ1) is 5.72. The maximum atomic E-state index is 12.6. The van der Waals surface area contributed by atoms with Crippen LogP contribution in [0.1, 0.15) is 5.56 Å². The van der Waals surface area contributed by atoms with Crippen molar-refractivity contribution in [3.63, 3.8) is 0 Å². The Kier molecular flexibility index (Phi) is 3.50.